The van der Waals surface area contributed by atoms with Crippen molar-refractivity contribution < 1.29 is 4.74 Å². The van der Waals surface area contributed by atoms with Crippen molar-refractivity contribution in [2.75, 3.05) is 63.3 Å². The summed E-state index contributed by atoms with van der Waals surface area (Å²) in [7, 11) is 4.32. The monoisotopic (exact) mass is 382 g/mol. The summed E-state index contributed by atoms with van der Waals surface area (Å²) in [5.74, 6) is 0.888. The van der Waals surface area contributed by atoms with Gasteiger partial charge in [-0.2, -0.15) is 15.0 Å². The number of nitrogens with zero attached hydrogens (tertiary/aromatic N) is 6. The molecular weight excluding hydrogens is 360 g/mol. The highest BCUT2D eigenvalue weighted by Gasteiger charge is 2.25. The largest absolute Gasteiger partial charge is 0.378 e. The second-order valence-corrected chi connectivity index (χ2v) is 8.03. The maximum Gasteiger partial charge on any atom is 0.226 e. The predicted molar refractivity (Wildman–Crippen MR) is 102 cm³/mol. The zero-order valence-corrected chi connectivity index (χ0v) is 16.2. The molecule has 2 aliphatic heterocycles. The van der Waals surface area contributed by atoms with Crippen molar-refractivity contribution in [1.29, 1.82) is 0 Å². The van der Waals surface area contributed by atoms with Crippen LogP contribution in [0.15, 0.2) is 0 Å². The van der Waals surface area contributed by atoms with Crippen LogP contribution in [0.1, 0.15) is 12.8 Å². The zero-order chi connectivity index (χ0) is 17.4. The number of thiazole rings is 1. The number of ether oxygens (including phenoxy) is 1. The van der Waals surface area contributed by atoms with E-state index in [0.29, 0.717) is 24.9 Å². The molecule has 0 saturated carbocycles. The molecule has 4 heterocycles. The Bertz CT molecular complexity index is 742. The molecule has 2 aromatic rings. The van der Waals surface area contributed by atoms with Gasteiger partial charge in [0.05, 0.1) is 13.2 Å². The van der Waals surface area contributed by atoms with Gasteiger partial charge in [0.1, 0.15) is 4.70 Å². The van der Waals surface area contributed by atoms with Gasteiger partial charge < -0.3 is 19.4 Å². The van der Waals surface area contributed by atoms with Crippen molar-refractivity contribution in [3.05, 3.63) is 5.28 Å². The Morgan fingerprint density at radius 1 is 1.12 bits per heavy atom. The number of piperidine rings is 1. The van der Waals surface area contributed by atoms with Gasteiger partial charge in [0.2, 0.25) is 5.28 Å². The van der Waals surface area contributed by atoms with E-state index in [0.717, 1.165) is 54.7 Å². The number of anilines is 2. The number of hydrogen-bond acceptors (Lipinski definition) is 8. The molecule has 0 atom stereocenters. The molecule has 0 spiro atoms. The van der Waals surface area contributed by atoms with Crippen LogP contribution in [0.4, 0.5) is 10.9 Å². The normalized spacial score (nSPS) is 20.4. The lowest BCUT2D eigenvalue weighted by Gasteiger charge is -2.34. The van der Waals surface area contributed by atoms with E-state index >= 15 is 0 Å². The van der Waals surface area contributed by atoms with Crippen LogP contribution in [-0.2, 0) is 4.74 Å². The van der Waals surface area contributed by atoms with Crippen LogP contribution in [0.5, 0.6) is 0 Å². The van der Waals surface area contributed by atoms with Crippen molar-refractivity contribution >= 4 is 44.2 Å². The fourth-order valence-electron chi connectivity index (χ4n) is 3.45. The van der Waals surface area contributed by atoms with E-state index in [2.05, 4.69) is 38.8 Å². The van der Waals surface area contributed by atoms with Crippen LogP contribution in [0, 0.1) is 0 Å². The van der Waals surface area contributed by atoms with Crippen molar-refractivity contribution in [2.45, 2.75) is 18.9 Å². The van der Waals surface area contributed by atoms with Crippen molar-refractivity contribution in [3.63, 3.8) is 0 Å². The number of morpholine rings is 1. The van der Waals surface area contributed by atoms with Crippen molar-refractivity contribution in [2.24, 2.45) is 0 Å². The van der Waals surface area contributed by atoms with E-state index in [1.54, 1.807) is 11.3 Å². The molecule has 4 rings (SSSR count). The smallest absolute Gasteiger partial charge is 0.226 e. The van der Waals surface area contributed by atoms with E-state index in [-0.39, 0.29) is 5.28 Å². The summed E-state index contributed by atoms with van der Waals surface area (Å²) in [6.45, 7) is 5.32. The third kappa shape index (κ3) is 3.53. The van der Waals surface area contributed by atoms with Crippen molar-refractivity contribution in [3.8, 4) is 0 Å². The Kier molecular flexibility index (Phi) is 4.95. The number of rotatable bonds is 3. The highest BCUT2D eigenvalue weighted by molar-refractivity contribution is 7.22. The summed E-state index contributed by atoms with van der Waals surface area (Å²) in [5.41, 5.74) is 0.696. The number of aromatic nitrogens is 3. The predicted octanol–water partition coefficient (Wildman–Crippen LogP) is 2.11. The average molecular weight is 383 g/mol. The van der Waals surface area contributed by atoms with Gasteiger partial charge in [-0.05, 0) is 44.6 Å². The lowest BCUT2D eigenvalue weighted by molar-refractivity contribution is 0.122. The minimum Gasteiger partial charge on any atom is -0.378 e. The van der Waals surface area contributed by atoms with Crippen LogP contribution in [0.2, 0.25) is 5.28 Å². The average Bonchev–Trinajstić information content (AvgIpc) is 3.05. The Morgan fingerprint density at radius 2 is 1.84 bits per heavy atom. The second-order valence-electron chi connectivity index (χ2n) is 6.71. The van der Waals surface area contributed by atoms with Crippen LogP contribution in [0.25, 0.3) is 10.3 Å². The first-order valence-electron chi connectivity index (χ1n) is 8.70. The molecule has 7 nitrogen and oxygen atoms in total. The molecule has 0 unspecified atom stereocenters. The Labute approximate surface area is 156 Å². The number of hydrogen-bond donors (Lipinski definition) is 0. The number of fused-ring (bicyclic) bond motifs is 1. The minimum absolute atomic E-state index is 0.257. The fraction of sp³-hybridized carbons (Fsp3) is 0.688. The molecule has 0 aliphatic carbocycles. The Hall–Kier alpha value is -1.22. The summed E-state index contributed by atoms with van der Waals surface area (Å²) >= 11 is 7.83. The summed E-state index contributed by atoms with van der Waals surface area (Å²) in [6, 6.07) is 0.520. The first-order chi connectivity index (χ1) is 12.1. The van der Waals surface area contributed by atoms with E-state index in [4.69, 9.17) is 21.3 Å². The molecule has 2 saturated heterocycles. The van der Waals surface area contributed by atoms with Crippen LogP contribution in [0.3, 0.4) is 0 Å². The molecule has 2 aromatic heterocycles. The van der Waals surface area contributed by atoms with E-state index < -0.39 is 0 Å². The first-order valence-corrected chi connectivity index (χ1v) is 9.89. The highest BCUT2D eigenvalue weighted by Crippen LogP contribution is 2.36. The Morgan fingerprint density at radius 3 is 2.56 bits per heavy atom. The molecule has 2 fully saturated rings. The van der Waals surface area contributed by atoms with Crippen LogP contribution < -0.4 is 9.80 Å². The molecule has 0 amide bonds. The molecule has 0 radical (unpaired) electrons. The molecule has 0 bridgehead atoms. The maximum absolute atomic E-state index is 6.16. The van der Waals surface area contributed by atoms with E-state index in [1.165, 1.54) is 0 Å². The third-order valence-electron chi connectivity index (χ3n) is 5.05. The SMILES string of the molecule is CN1CCC(N(C)c2nc3nc(Cl)nc(N4CCOCC4)c3s2)CC1. The highest BCUT2D eigenvalue weighted by atomic mass is 35.5. The number of halogens is 1. The topological polar surface area (TPSA) is 57.6 Å². The fourth-order valence-corrected chi connectivity index (χ4v) is 4.67. The van der Waals surface area contributed by atoms with Gasteiger partial charge in [-0.25, -0.2) is 0 Å². The van der Waals surface area contributed by atoms with Gasteiger partial charge in [-0.1, -0.05) is 11.3 Å². The summed E-state index contributed by atoms with van der Waals surface area (Å²) in [5, 5.41) is 1.25. The zero-order valence-electron chi connectivity index (χ0n) is 14.6. The maximum atomic E-state index is 6.16. The van der Waals surface area contributed by atoms with Crippen LogP contribution in [-0.4, -0.2) is 79.4 Å². The quantitative estimate of drug-likeness (QED) is 0.753. The lowest BCUT2D eigenvalue weighted by Crippen LogP contribution is -2.41. The van der Waals surface area contributed by atoms with E-state index in [1.807, 2.05) is 0 Å². The molecule has 0 aromatic carbocycles. The van der Waals surface area contributed by atoms with E-state index in [9.17, 15) is 0 Å². The van der Waals surface area contributed by atoms with Crippen LogP contribution >= 0.6 is 22.9 Å². The summed E-state index contributed by atoms with van der Waals surface area (Å²) in [4.78, 5) is 20.5. The third-order valence-corrected chi connectivity index (χ3v) is 6.35. The molecular formula is C16H23ClN6OS. The number of likely N-dealkylation sites (tertiary alicyclic amines) is 1. The van der Waals surface area contributed by atoms with Gasteiger partial charge in [0, 0.05) is 26.2 Å². The van der Waals surface area contributed by atoms with Gasteiger partial charge in [-0.15, -0.1) is 0 Å². The van der Waals surface area contributed by atoms with Gasteiger partial charge in [0.15, 0.2) is 16.6 Å². The van der Waals surface area contributed by atoms with Crippen molar-refractivity contribution in [1.82, 2.24) is 19.9 Å². The van der Waals surface area contributed by atoms with Gasteiger partial charge in [0.25, 0.3) is 0 Å². The Balaban J connectivity index is 1.65. The summed E-state index contributed by atoms with van der Waals surface area (Å²) < 4.78 is 6.47. The molecule has 9 heteroatoms. The standard InChI is InChI=1S/C16H23ClN6OS/c1-21-5-3-11(4-6-21)22(2)16-19-13-12(25-16)14(20-15(17)18-13)23-7-9-24-10-8-23/h11H,3-10H2,1-2H3. The molecule has 25 heavy (non-hydrogen) atoms. The summed E-state index contributed by atoms with van der Waals surface area (Å²) in [6.07, 6.45) is 2.32. The minimum atomic E-state index is 0.257. The molecule has 136 valence electrons. The molecule has 2 aliphatic rings. The lowest BCUT2D eigenvalue weighted by atomic mass is 10.0. The van der Waals surface area contributed by atoms with Gasteiger partial charge in [-0.3, -0.25) is 0 Å². The first kappa shape index (κ1) is 17.2. The molecule has 0 N–H and O–H groups in total. The van der Waals surface area contributed by atoms with Gasteiger partial charge >= 0.3 is 0 Å². The second kappa shape index (κ2) is 7.19.